The van der Waals surface area contributed by atoms with Crippen molar-refractivity contribution in [2.75, 3.05) is 19.8 Å². The van der Waals surface area contributed by atoms with Crippen LogP contribution < -0.4 is 0 Å². The summed E-state index contributed by atoms with van der Waals surface area (Å²) in [7, 11) is 0. The number of carboxylic acid groups (broad SMARTS) is 1. The first-order chi connectivity index (χ1) is 10.0. The van der Waals surface area contributed by atoms with E-state index >= 15 is 0 Å². The van der Waals surface area contributed by atoms with Gasteiger partial charge in [0, 0.05) is 17.6 Å². The lowest BCUT2D eigenvalue weighted by atomic mass is 10.0. The van der Waals surface area contributed by atoms with Gasteiger partial charge in [0.2, 0.25) is 0 Å². The molecule has 0 spiro atoms. The van der Waals surface area contributed by atoms with Crippen molar-refractivity contribution in [3.63, 3.8) is 0 Å². The molecule has 0 saturated carbocycles. The molecule has 1 aliphatic heterocycles. The van der Waals surface area contributed by atoms with Gasteiger partial charge < -0.3 is 9.84 Å². The van der Waals surface area contributed by atoms with Crippen LogP contribution >= 0.6 is 11.6 Å². The second-order valence-corrected chi connectivity index (χ2v) is 6.01. The van der Waals surface area contributed by atoms with E-state index in [9.17, 15) is 9.90 Å². The first-order valence-corrected chi connectivity index (χ1v) is 7.70. The molecule has 0 aliphatic carbocycles. The summed E-state index contributed by atoms with van der Waals surface area (Å²) in [5.74, 6) is -1.22. The summed E-state index contributed by atoms with van der Waals surface area (Å²) in [6.07, 6.45) is 0.975. The van der Waals surface area contributed by atoms with Crippen LogP contribution in [-0.2, 0) is 16.1 Å². The molecule has 0 amide bonds. The van der Waals surface area contributed by atoms with Crippen LogP contribution in [-0.4, -0.2) is 41.8 Å². The molecule has 1 N–H and O–H groups in total. The molecule has 2 atom stereocenters. The quantitative estimate of drug-likeness (QED) is 0.877. The van der Waals surface area contributed by atoms with E-state index in [1.165, 1.54) is 0 Å². The Morgan fingerprint density at radius 2 is 2.24 bits per heavy atom. The number of benzene rings is 1. The van der Waals surface area contributed by atoms with Gasteiger partial charge in [0.1, 0.15) is 0 Å². The summed E-state index contributed by atoms with van der Waals surface area (Å²) >= 11 is 6.18. The van der Waals surface area contributed by atoms with Crippen LogP contribution in [0.25, 0.3) is 0 Å². The molecule has 2 unspecified atom stereocenters. The van der Waals surface area contributed by atoms with Crippen molar-refractivity contribution in [2.45, 2.75) is 32.9 Å². The van der Waals surface area contributed by atoms with Crippen LogP contribution in [0.4, 0.5) is 0 Å². The molecule has 1 saturated heterocycles. The maximum absolute atomic E-state index is 11.3. The van der Waals surface area contributed by atoms with Gasteiger partial charge in [-0.1, -0.05) is 30.7 Å². The number of nitrogens with zero attached hydrogens (tertiary/aromatic N) is 1. The zero-order chi connectivity index (χ0) is 15.4. The Morgan fingerprint density at radius 3 is 2.86 bits per heavy atom. The fourth-order valence-corrected chi connectivity index (χ4v) is 2.96. The predicted octanol–water partition coefficient (Wildman–Crippen LogP) is 2.96. The number of halogens is 1. The van der Waals surface area contributed by atoms with E-state index in [1.54, 1.807) is 0 Å². The maximum Gasteiger partial charge on any atom is 0.310 e. The number of aliphatic carboxylic acids is 1. The monoisotopic (exact) mass is 311 g/mol. The van der Waals surface area contributed by atoms with E-state index in [1.807, 2.05) is 19.1 Å². The highest BCUT2D eigenvalue weighted by molar-refractivity contribution is 6.31. The van der Waals surface area contributed by atoms with Crippen LogP contribution in [0, 0.1) is 12.8 Å². The van der Waals surface area contributed by atoms with E-state index in [-0.39, 0.29) is 6.04 Å². The van der Waals surface area contributed by atoms with Gasteiger partial charge in [-0.25, -0.2) is 0 Å². The van der Waals surface area contributed by atoms with Gasteiger partial charge in [0.25, 0.3) is 0 Å². The lowest BCUT2D eigenvalue weighted by Gasteiger charge is -2.30. The van der Waals surface area contributed by atoms with E-state index in [0.717, 1.165) is 29.1 Å². The Hall–Kier alpha value is -1.10. The second kappa shape index (κ2) is 7.25. The molecule has 21 heavy (non-hydrogen) atoms. The number of aryl methyl sites for hydroxylation is 1. The molecule has 1 aromatic rings. The molecule has 0 bridgehead atoms. The summed E-state index contributed by atoms with van der Waals surface area (Å²) in [6.45, 7) is 6.41. The topological polar surface area (TPSA) is 49.8 Å². The highest BCUT2D eigenvalue weighted by Crippen LogP contribution is 2.24. The minimum atomic E-state index is -0.777. The van der Waals surface area contributed by atoms with E-state index in [4.69, 9.17) is 16.3 Å². The number of hydrogen-bond acceptors (Lipinski definition) is 3. The molecular weight excluding hydrogens is 290 g/mol. The van der Waals surface area contributed by atoms with Crippen molar-refractivity contribution >= 4 is 17.6 Å². The van der Waals surface area contributed by atoms with Crippen molar-refractivity contribution in [2.24, 2.45) is 5.92 Å². The summed E-state index contributed by atoms with van der Waals surface area (Å²) in [6, 6.07) is 5.95. The molecule has 4 nitrogen and oxygen atoms in total. The Bertz CT molecular complexity index is 506. The third-order valence-electron chi connectivity index (χ3n) is 3.97. The molecule has 1 aromatic carbocycles. The van der Waals surface area contributed by atoms with Crippen molar-refractivity contribution in [1.82, 2.24) is 4.90 Å². The van der Waals surface area contributed by atoms with Crippen molar-refractivity contribution in [3.8, 4) is 0 Å². The minimum absolute atomic E-state index is 0.0671. The normalized spacial score (nSPS) is 21.9. The molecule has 0 aromatic heterocycles. The molecule has 1 heterocycles. The first-order valence-electron chi connectivity index (χ1n) is 7.32. The van der Waals surface area contributed by atoms with E-state index in [0.29, 0.717) is 19.8 Å². The van der Waals surface area contributed by atoms with Crippen LogP contribution in [0.15, 0.2) is 18.2 Å². The van der Waals surface area contributed by atoms with E-state index in [2.05, 4.69) is 17.9 Å². The largest absolute Gasteiger partial charge is 0.481 e. The number of carbonyl (C=O) groups is 1. The van der Waals surface area contributed by atoms with Crippen molar-refractivity contribution < 1.29 is 14.6 Å². The number of hydrogen-bond donors (Lipinski definition) is 1. The highest BCUT2D eigenvalue weighted by Gasteiger charge is 2.37. The fraction of sp³-hybridized carbons (Fsp3) is 0.562. The second-order valence-electron chi connectivity index (χ2n) is 5.60. The average molecular weight is 312 g/mol. The molecule has 1 aliphatic rings. The zero-order valence-electron chi connectivity index (χ0n) is 12.5. The summed E-state index contributed by atoms with van der Waals surface area (Å²) in [4.78, 5) is 13.5. The Balaban J connectivity index is 2.14. The lowest BCUT2D eigenvalue weighted by molar-refractivity contribution is -0.143. The number of ether oxygens (including phenoxy) is 1. The Morgan fingerprint density at radius 1 is 1.48 bits per heavy atom. The van der Waals surface area contributed by atoms with Crippen molar-refractivity contribution in [1.29, 1.82) is 0 Å². The third kappa shape index (κ3) is 3.96. The molecular formula is C16H22ClNO3. The average Bonchev–Trinajstić information content (AvgIpc) is 2.92. The van der Waals surface area contributed by atoms with Gasteiger partial charge >= 0.3 is 5.97 Å². The summed E-state index contributed by atoms with van der Waals surface area (Å²) < 4.78 is 5.39. The SMILES string of the molecule is CCCN(Cc1ccc(C)c(Cl)c1)C1COCC1C(=O)O. The van der Waals surface area contributed by atoms with Gasteiger partial charge in [0.05, 0.1) is 19.1 Å². The summed E-state index contributed by atoms with van der Waals surface area (Å²) in [5.41, 5.74) is 2.16. The van der Waals surface area contributed by atoms with Crippen LogP contribution in [0.3, 0.4) is 0 Å². The lowest BCUT2D eigenvalue weighted by Crippen LogP contribution is -2.43. The van der Waals surface area contributed by atoms with Crippen LogP contribution in [0.2, 0.25) is 5.02 Å². The smallest absolute Gasteiger partial charge is 0.310 e. The van der Waals surface area contributed by atoms with Gasteiger partial charge in [-0.2, -0.15) is 0 Å². The standard InChI is InChI=1S/C16H22ClNO3/c1-3-6-18(15-10-21-9-13(15)16(19)20)8-12-5-4-11(2)14(17)7-12/h4-5,7,13,15H,3,6,8-10H2,1-2H3,(H,19,20). The summed E-state index contributed by atoms with van der Waals surface area (Å²) in [5, 5.41) is 10.1. The number of rotatable bonds is 6. The fourth-order valence-electron chi connectivity index (χ4n) is 2.76. The maximum atomic E-state index is 11.3. The first kappa shape index (κ1) is 16.3. The van der Waals surface area contributed by atoms with Gasteiger partial charge in [0.15, 0.2) is 0 Å². The number of carboxylic acids is 1. The van der Waals surface area contributed by atoms with Crippen molar-refractivity contribution in [3.05, 3.63) is 34.3 Å². The van der Waals surface area contributed by atoms with Crippen LogP contribution in [0.1, 0.15) is 24.5 Å². The Labute approximate surface area is 130 Å². The Kier molecular flexibility index (Phi) is 5.62. The van der Waals surface area contributed by atoms with Gasteiger partial charge in [-0.15, -0.1) is 0 Å². The van der Waals surface area contributed by atoms with Gasteiger partial charge in [-0.05, 0) is 37.1 Å². The molecule has 116 valence electrons. The predicted molar refractivity (Wildman–Crippen MR) is 82.6 cm³/mol. The third-order valence-corrected chi connectivity index (χ3v) is 4.38. The molecule has 2 rings (SSSR count). The molecule has 5 heteroatoms. The zero-order valence-corrected chi connectivity index (χ0v) is 13.3. The highest BCUT2D eigenvalue weighted by atomic mass is 35.5. The molecule has 0 radical (unpaired) electrons. The molecule has 1 fully saturated rings. The van der Waals surface area contributed by atoms with Crippen LogP contribution in [0.5, 0.6) is 0 Å². The van der Waals surface area contributed by atoms with E-state index < -0.39 is 11.9 Å². The minimum Gasteiger partial charge on any atom is -0.481 e. The van der Waals surface area contributed by atoms with Gasteiger partial charge in [-0.3, -0.25) is 9.69 Å².